The van der Waals surface area contributed by atoms with Crippen molar-refractivity contribution in [2.75, 3.05) is 19.5 Å². The van der Waals surface area contributed by atoms with E-state index in [1.165, 1.54) is 19.2 Å². The number of aromatic nitrogens is 3. The number of thioether (sulfide) groups is 1. The molecule has 0 bridgehead atoms. The molecule has 34 heavy (non-hydrogen) atoms. The molecule has 9 heteroatoms. The number of halogens is 1. The SMILES string of the molecule is COc1ccc(C(=O)COC(=O)CSc2nnc(-c3ccccc3)n2-c2ccccc2)cc1F. The summed E-state index contributed by atoms with van der Waals surface area (Å²) in [5.74, 6) is -1.19. The molecule has 0 N–H and O–H groups in total. The lowest BCUT2D eigenvalue weighted by Gasteiger charge is -2.10. The highest BCUT2D eigenvalue weighted by atomic mass is 32.2. The zero-order chi connectivity index (χ0) is 23.9. The van der Waals surface area contributed by atoms with Crippen LogP contribution >= 0.6 is 11.8 Å². The molecule has 0 radical (unpaired) electrons. The molecule has 0 saturated carbocycles. The van der Waals surface area contributed by atoms with Crippen LogP contribution < -0.4 is 4.74 Å². The van der Waals surface area contributed by atoms with Crippen LogP contribution in [0, 0.1) is 5.82 Å². The quantitative estimate of drug-likeness (QED) is 0.198. The summed E-state index contributed by atoms with van der Waals surface area (Å²) in [6.07, 6.45) is 0. The van der Waals surface area contributed by atoms with Crippen LogP contribution in [0.15, 0.2) is 84.0 Å². The molecule has 0 unspecified atom stereocenters. The van der Waals surface area contributed by atoms with Crippen LogP contribution in [-0.4, -0.2) is 46.0 Å². The lowest BCUT2D eigenvalue weighted by molar-refractivity contribution is -0.139. The molecule has 0 atom stereocenters. The normalized spacial score (nSPS) is 10.6. The van der Waals surface area contributed by atoms with Gasteiger partial charge in [-0.2, -0.15) is 0 Å². The highest BCUT2D eigenvalue weighted by Crippen LogP contribution is 2.28. The number of carbonyl (C=O) groups is 2. The Hall–Kier alpha value is -3.98. The van der Waals surface area contributed by atoms with E-state index in [9.17, 15) is 14.0 Å². The average molecular weight is 478 g/mol. The number of methoxy groups -OCH3 is 1. The van der Waals surface area contributed by atoms with Crippen molar-refractivity contribution in [2.24, 2.45) is 0 Å². The van der Waals surface area contributed by atoms with E-state index in [4.69, 9.17) is 9.47 Å². The summed E-state index contributed by atoms with van der Waals surface area (Å²) in [6, 6.07) is 23.0. The fourth-order valence-electron chi connectivity index (χ4n) is 3.18. The second kappa shape index (κ2) is 10.8. The van der Waals surface area contributed by atoms with E-state index in [0.29, 0.717) is 11.0 Å². The van der Waals surface area contributed by atoms with Gasteiger partial charge in [0.25, 0.3) is 0 Å². The van der Waals surface area contributed by atoms with Crippen LogP contribution in [0.2, 0.25) is 0 Å². The molecule has 7 nitrogen and oxygen atoms in total. The Morgan fingerprint density at radius 2 is 1.68 bits per heavy atom. The lowest BCUT2D eigenvalue weighted by Crippen LogP contribution is -2.16. The summed E-state index contributed by atoms with van der Waals surface area (Å²) in [5, 5.41) is 9.08. The maximum Gasteiger partial charge on any atom is 0.316 e. The van der Waals surface area contributed by atoms with E-state index in [1.54, 1.807) is 0 Å². The van der Waals surface area contributed by atoms with Gasteiger partial charge in [-0.15, -0.1) is 10.2 Å². The standard InChI is InChI=1S/C25H20FN3O4S/c1-32-22-13-12-18(14-20(22)26)21(30)15-33-23(31)16-34-25-28-27-24(17-8-4-2-5-9-17)29(25)19-10-6-3-7-11-19/h2-14H,15-16H2,1H3. The van der Waals surface area contributed by atoms with Crippen LogP contribution in [0.4, 0.5) is 4.39 Å². The molecule has 0 saturated heterocycles. The van der Waals surface area contributed by atoms with Crippen LogP contribution in [-0.2, 0) is 9.53 Å². The van der Waals surface area contributed by atoms with Gasteiger partial charge in [-0.25, -0.2) is 4.39 Å². The predicted molar refractivity (Wildman–Crippen MR) is 126 cm³/mol. The van der Waals surface area contributed by atoms with Gasteiger partial charge in [-0.3, -0.25) is 14.2 Å². The molecule has 4 aromatic rings. The zero-order valence-corrected chi connectivity index (χ0v) is 19.0. The Kier molecular flexibility index (Phi) is 7.34. The summed E-state index contributed by atoms with van der Waals surface area (Å²) in [6.45, 7) is -0.494. The van der Waals surface area contributed by atoms with Gasteiger partial charge in [0.15, 0.2) is 34.9 Å². The highest BCUT2D eigenvalue weighted by Gasteiger charge is 2.18. The topological polar surface area (TPSA) is 83.3 Å². The van der Waals surface area contributed by atoms with Crippen molar-refractivity contribution >= 4 is 23.5 Å². The number of hydrogen-bond donors (Lipinski definition) is 0. The van der Waals surface area contributed by atoms with Gasteiger partial charge in [-0.05, 0) is 30.3 Å². The van der Waals surface area contributed by atoms with E-state index < -0.39 is 24.2 Å². The number of para-hydroxylation sites is 1. The first kappa shape index (κ1) is 23.2. The van der Waals surface area contributed by atoms with Crippen LogP contribution in [0.25, 0.3) is 17.1 Å². The number of benzene rings is 3. The zero-order valence-electron chi connectivity index (χ0n) is 18.2. The maximum atomic E-state index is 13.8. The van der Waals surface area contributed by atoms with Gasteiger partial charge in [0, 0.05) is 16.8 Å². The minimum atomic E-state index is -0.662. The summed E-state index contributed by atoms with van der Waals surface area (Å²) in [4.78, 5) is 24.6. The smallest absolute Gasteiger partial charge is 0.316 e. The Morgan fingerprint density at radius 1 is 0.971 bits per heavy atom. The molecule has 1 heterocycles. The monoisotopic (exact) mass is 477 g/mol. The van der Waals surface area contributed by atoms with Crippen molar-refractivity contribution in [3.63, 3.8) is 0 Å². The largest absolute Gasteiger partial charge is 0.494 e. The molecule has 4 rings (SSSR count). The lowest BCUT2D eigenvalue weighted by atomic mass is 10.1. The Bertz CT molecular complexity index is 1300. The van der Waals surface area contributed by atoms with Crippen LogP contribution in [0.3, 0.4) is 0 Å². The molecule has 1 aromatic heterocycles. The third-order valence-corrected chi connectivity index (χ3v) is 5.74. The third-order valence-electron chi connectivity index (χ3n) is 4.84. The number of Topliss-reactive ketones (excluding diaryl/α,β-unsaturated/α-hetero) is 1. The van der Waals surface area contributed by atoms with E-state index in [0.717, 1.165) is 29.1 Å². The second-order valence-corrected chi connectivity index (χ2v) is 8.01. The average Bonchev–Trinajstić information content (AvgIpc) is 3.31. The van der Waals surface area contributed by atoms with Crippen LogP contribution in [0.1, 0.15) is 10.4 Å². The maximum absolute atomic E-state index is 13.8. The molecule has 172 valence electrons. The molecule has 3 aromatic carbocycles. The van der Waals surface area contributed by atoms with Crippen molar-refractivity contribution in [1.29, 1.82) is 0 Å². The summed E-state index contributed by atoms with van der Waals surface area (Å²) >= 11 is 1.15. The number of ether oxygens (including phenoxy) is 2. The van der Waals surface area contributed by atoms with E-state index in [-0.39, 0.29) is 17.1 Å². The fourth-order valence-corrected chi connectivity index (χ4v) is 3.93. The molecular formula is C25H20FN3O4S. The summed E-state index contributed by atoms with van der Waals surface area (Å²) in [7, 11) is 1.33. The highest BCUT2D eigenvalue weighted by molar-refractivity contribution is 7.99. The van der Waals surface area contributed by atoms with E-state index >= 15 is 0 Å². The third kappa shape index (κ3) is 5.32. The first-order valence-corrected chi connectivity index (χ1v) is 11.3. The molecule has 0 amide bonds. The van der Waals surface area contributed by atoms with Crippen LogP contribution in [0.5, 0.6) is 5.75 Å². The molecule has 0 aliphatic heterocycles. The number of ketones is 1. The fraction of sp³-hybridized carbons (Fsp3) is 0.120. The van der Waals surface area contributed by atoms with Gasteiger partial charge < -0.3 is 9.47 Å². The molecule has 0 spiro atoms. The van der Waals surface area contributed by atoms with Crippen molar-refractivity contribution in [3.8, 4) is 22.8 Å². The molecule has 0 aliphatic carbocycles. The first-order valence-electron chi connectivity index (χ1n) is 10.3. The van der Waals surface area contributed by atoms with Crippen molar-refractivity contribution < 1.29 is 23.5 Å². The molecule has 0 fully saturated rings. The Morgan fingerprint density at radius 3 is 2.35 bits per heavy atom. The van der Waals surface area contributed by atoms with Gasteiger partial charge in [0.05, 0.1) is 12.9 Å². The number of rotatable bonds is 9. The predicted octanol–water partition coefficient (Wildman–Crippen LogP) is 4.60. The summed E-state index contributed by atoms with van der Waals surface area (Å²) in [5.41, 5.74) is 1.82. The van der Waals surface area contributed by atoms with Gasteiger partial charge in [0.1, 0.15) is 0 Å². The van der Waals surface area contributed by atoms with Crippen molar-refractivity contribution in [1.82, 2.24) is 14.8 Å². The molecular weight excluding hydrogens is 457 g/mol. The van der Waals surface area contributed by atoms with Gasteiger partial charge in [0.2, 0.25) is 0 Å². The number of nitrogens with zero attached hydrogens (tertiary/aromatic N) is 3. The van der Waals surface area contributed by atoms with Crippen molar-refractivity contribution in [3.05, 3.63) is 90.2 Å². The van der Waals surface area contributed by atoms with E-state index in [1.807, 2.05) is 65.2 Å². The minimum absolute atomic E-state index is 0.0299. The number of esters is 1. The number of carbonyl (C=O) groups excluding carboxylic acids is 2. The van der Waals surface area contributed by atoms with E-state index in [2.05, 4.69) is 10.2 Å². The molecule has 0 aliphatic rings. The summed E-state index contributed by atoms with van der Waals surface area (Å²) < 4.78 is 25.6. The first-order chi connectivity index (χ1) is 16.6. The Balaban J connectivity index is 1.43. The number of hydrogen-bond acceptors (Lipinski definition) is 7. The van der Waals surface area contributed by atoms with Crippen molar-refractivity contribution in [2.45, 2.75) is 5.16 Å². The van der Waals surface area contributed by atoms with Gasteiger partial charge >= 0.3 is 5.97 Å². The minimum Gasteiger partial charge on any atom is -0.494 e. The van der Waals surface area contributed by atoms with Gasteiger partial charge in [-0.1, -0.05) is 60.3 Å². The Labute approximate surface area is 199 Å². The second-order valence-electron chi connectivity index (χ2n) is 7.07.